The molecule has 0 bridgehead atoms. The molecule has 1 saturated heterocycles. The standard InChI is InChI=1S/C20H31N3O3/c1-6-21-20(22-12-16(4)19(24)25-5)23-9-10-26-18(13-23)17-8-7-14(2)11-15(17)3/h7-8,11,16,18H,6,9-10,12-13H2,1-5H3,(H,21,22). The Morgan fingerprint density at radius 3 is 2.88 bits per heavy atom. The Hall–Kier alpha value is -2.08. The Bertz CT molecular complexity index is 645. The molecule has 0 saturated carbocycles. The molecule has 0 spiro atoms. The van der Waals surface area contributed by atoms with E-state index in [0.29, 0.717) is 13.2 Å². The molecule has 1 N–H and O–H groups in total. The van der Waals surface area contributed by atoms with Crippen LogP contribution in [0.2, 0.25) is 0 Å². The summed E-state index contributed by atoms with van der Waals surface area (Å²) in [5.41, 5.74) is 3.72. The van der Waals surface area contributed by atoms with Gasteiger partial charge >= 0.3 is 5.97 Å². The molecule has 1 aromatic rings. The van der Waals surface area contributed by atoms with Gasteiger partial charge < -0.3 is 19.7 Å². The van der Waals surface area contributed by atoms with Crippen molar-refractivity contribution in [3.8, 4) is 0 Å². The Morgan fingerprint density at radius 1 is 1.46 bits per heavy atom. The van der Waals surface area contributed by atoms with Crippen LogP contribution in [0.5, 0.6) is 0 Å². The molecule has 1 aliphatic rings. The minimum Gasteiger partial charge on any atom is -0.469 e. The van der Waals surface area contributed by atoms with E-state index in [0.717, 1.165) is 25.6 Å². The lowest BCUT2D eigenvalue weighted by atomic mass is 10.00. The van der Waals surface area contributed by atoms with Crippen LogP contribution in [0.3, 0.4) is 0 Å². The van der Waals surface area contributed by atoms with Crippen LogP contribution >= 0.6 is 0 Å². The van der Waals surface area contributed by atoms with Crippen LogP contribution in [0.15, 0.2) is 23.2 Å². The average Bonchev–Trinajstić information content (AvgIpc) is 2.64. The fourth-order valence-electron chi connectivity index (χ4n) is 3.14. The fourth-order valence-corrected chi connectivity index (χ4v) is 3.14. The third-order valence-corrected chi connectivity index (χ3v) is 4.59. The summed E-state index contributed by atoms with van der Waals surface area (Å²) < 4.78 is 10.8. The van der Waals surface area contributed by atoms with Crippen molar-refractivity contribution in [3.63, 3.8) is 0 Å². The van der Waals surface area contributed by atoms with Crippen LogP contribution in [-0.4, -0.2) is 56.7 Å². The van der Waals surface area contributed by atoms with Gasteiger partial charge in [-0.1, -0.05) is 30.7 Å². The number of carbonyl (C=O) groups is 1. The van der Waals surface area contributed by atoms with E-state index in [4.69, 9.17) is 9.47 Å². The van der Waals surface area contributed by atoms with Crippen LogP contribution in [-0.2, 0) is 14.3 Å². The van der Waals surface area contributed by atoms with Crippen LogP contribution in [0.1, 0.15) is 36.6 Å². The summed E-state index contributed by atoms with van der Waals surface area (Å²) in [5.74, 6) is 0.325. The van der Waals surface area contributed by atoms with Crippen molar-refractivity contribution in [2.45, 2.75) is 33.8 Å². The summed E-state index contributed by atoms with van der Waals surface area (Å²) in [6, 6.07) is 6.47. The second-order valence-corrected chi connectivity index (χ2v) is 6.78. The van der Waals surface area contributed by atoms with E-state index in [2.05, 4.69) is 47.3 Å². The molecule has 0 radical (unpaired) electrons. The summed E-state index contributed by atoms with van der Waals surface area (Å²) in [7, 11) is 1.41. The topological polar surface area (TPSA) is 63.2 Å². The number of ether oxygens (including phenoxy) is 2. The van der Waals surface area contributed by atoms with E-state index in [1.54, 1.807) is 0 Å². The van der Waals surface area contributed by atoms with Gasteiger partial charge in [0.2, 0.25) is 0 Å². The zero-order chi connectivity index (χ0) is 19.1. The molecular formula is C20H31N3O3. The van der Waals surface area contributed by atoms with E-state index in [1.165, 1.54) is 23.8 Å². The minimum atomic E-state index is -0.259. The molecule has 0 aromatic heterocycles. The van der Waals surface area contributed by atoms with Gasteiger partial charge in [0.05, 0.1) is 32.7 Å². The SMILES string of the molecule is CCNC(=NCC(C)C(=O)OC)N1CCOC(c2ccc(C)cc2C)C1. The molecule has 2 rings (SSSR count). The number of aliphatic imine (C=N–C) groups is 1. The van der Waals surface area contributed by atoms with Crippen molar-refractivity contribution in [1.82, 2.24) is 10.2 Å². The summed E-state index contributed by atoms with van der Waals surface area (Å²) in [5, 5.41) is 3.33. The summed E-state index contributed by atoms with van der Waals surface area (Å²) in [6.07, 6.45) is 0.0197. The molecule has 1 fully saturated rings. The van der Waals surface area contributed by atoms with Gasteiger partial charge in [-0.3, -0.25) is 9.79 Å². The van der Waals surface area contributed by atoms with Gasteiger partial charge in [0, 0.05) is 13.1 Å². The molecule has 0 amide bonds. The number of hydrogen-bond acceptors (Lipinski definition) is 4. The maximum absolute atomic E-state index is 11.6. The number of methoxy groups -OCH3 is 1. The van der Waals surface area contributed by atoms with Crippen LogP contribution < -0.4 is 5.32 Å². The fraction of sp³-hybridized carbons (Fsp3) is 0.600. The number of rotatable bonds is 5. The van der Waals surface area contributed by atoms with Crippen LogP contribution in [0, 0.1) is 19.8 Å². The Labute approximate surface area is 156 Å². The highest BCUT2D eigenvalue weighted by Crippen LogP contribution is 2.26. The van der Waals surface area contributed by atoms with Gasteiger partial charge in [0.25, 0.3) is 0 Å². The Morgan fingerprint density at radius 2 is 2.23 bits per heavy atom. The van der Waals surface area contributed by atoms with E-state index in [1.807, 2.05) is 13.8 Å². The summed E-state index contributed by atoms with van der Waals surface area (Å²) in [6.45, 7) is 11.4. The van der Waals surface area contributed by atoms with E-state index in [-0.39, 0.29) is 18.0 Å². The monoisotopic (exact) mass is 361 g/mol. The molecule has 1 heterocycles. The second-order valence-electron chi connectivity index (χ2n) is 6.78. The third-order valence-electron chi connectivity index (χ3n) is 4.59. The van der Waals surface area contributed by atoms with Gasteiger partial charge in [0.1, 0.15) is 6.10 Å². The number of esters is 1. The molecule has 2 atom stereocenters. The number of morpholine rings is 1. The zero-order valence-electron chi connectivity index (χ0n) is 16.5. The van der Waals surface area contributed by atoms with Gasteiger partial charge in [-0.25, -0.2) is 0 Å². The molecule has 26 heavy (non-hydrogen) atoms. The van der Waals surface area contributed by atoms with Crippen molar-refractivity contribution >= 4 is 11.9 Å². The second kappa shape index (κ2) is 9.57. The highest BCUT2D eigenvalue weighted by molar-refractivity contribution is 5.80. The van der Waals surface area contributed by atoms with Crippen LogP contribution in [0.4, 0.5) is 0 Å². The normalized spacial score (nSPS) is 19.2. The molecule has 144 valence electrons. The predicted octanol–water partition coefficient (Wildman–Crippen LogP) is 2.45. The number of carbonyl (C=O) groups excluding carboxylic acids is 1. The molecule has 6 nitrogen and oxygen atoms in total. The Balaban J connectivity index is 2.12. The van der Waals surface area contributed by atoms with Gasteiger partial charge in [-0.15, -0.1) is 0 Å². The zero-order valence-corrected chi connectivity index (χ0v) is 16.5. The lowest BCUT2D eigenvalue weighted by molar-refractivity contribution is -0.144. The lowest BCUT2D eigenvalue weighted by Crippen LogP contribution is -2.48. The van der Waals surface area contributed by atoms with E-state index >= 15 is 0 Å². The first-order valence-corrected chi connectivity index (χ1v) is 9.26. The number of guanidine groups is 1. The van der Waals surface area contributed by atoms with Crippen molar-refractivity contribution in [2.24, 2.45) is 10.9 Å². The first kappa shape index (κ1) is 20.2. The number of aryl methyl sites for hydroxylation is 2. The van der Waals surface area contributed by atoms with Crippen molar-refractivity contribution in [1.29, 1.82) is 0 Å². The third kappa shape index (κ3) is 5.21. The van der Waals surface area contributed by atoms with Gasteiger partial charge in [-0.2, -0.15) is 0 Å². The molecule has 6 heteroatoms. The first-order valence-electron chi connectivity index (χ1n) is 9.26. The first-order chi connectivity index (χ1) is 12.5. The molecular weight excluding hydrogens is 330 g/mol. The number of nitrogens with one attached hydrogen (secondary N) is 1. The van der Waals surface area contributed by atoms with E-state index in [9.17, 15) is 4.79 Å². The number of benzene rings is 1. The molecule has 2 unspecified atom stereocenters. The van der Waals surface area contributed by atoms with Gasteiger partial charge in [-0.05, 0) is 31.9 Å². The Kier molecular flexibility index (Phi) is 7.45. The number of nitrogens with zero attached hydrogens (tertiary/aromatic N) is 2. The maximum Gasteiger partial charge on any atom is 0.310 e. The van der Waals surface area contributed by atoms with E-state index < -0.39 is 0 Å². The average molecular weight is 361 g/mol. The summed E-state index contributed by atoms with van der Waals surface area (Å²) in [4.78, 5) is 18.5. The molecule has 1 aromatic carbocycles. The largest absolute Gasteiger partial charge is 0.469 e. The highest BCUT2D eigenvalue weighted by atomic mass is 16.5. The predicted molar refractivity (Wildman–Crippen MR) is 103 cm³/mol. The minimum absolute atomic E-state index is 0.0197. The van der Waals surface area contributed by atoms with Crippen molar-refractivity contribution < 1.29 is 14.3 Å². The smallest absolute Gasteiger partial charge is 0.310 e. The van der Waals surface area contributed by atoms with Crippen molar-refractivity contribution in [3.05, 3.63) is 34.9 Å². The number of hydrogen-bond donors (Lipinski definition) is 1. The van der Waals surface area contributed by atoms with Crippen molar-refractivity contribution in [2.75, 3.05) is 39.9 Å². The van der Waals surface area contributed by atoms with Crippen LogP contribution in [0.25, 0.3) is 0 Å². The maximum atomic E-state index is 11.6. The lowest BCUT2D eigenvalue weighted by Gasteiger charge is -2.36. The van der Waals surface area contributed by atoms with Gasteiger partial charge in [0.15, 0.2) is 5.96 Å². The molecule has 1 aliphatic heterocycles. The quantitative estimate of drug-likeness (QED) is 0.496. The molecule has 0 aliphatic carbocycles. The summed E-state index contributed by atoms with van der Waals surface area (Å²) >= 11 is 0. The highest BCUT2D eigenvalue weighted by Gasteiger charge is 2.25.